The zero-order chi connectivity index (χ0) is 20.9. The number of benzene rings is 2. The van der Waals surface area contributed by atoms with Crippen LogP contribution in [0.2, 0.25) is 0 Å². The van der Waals surface area contributed by atoms with E-state index in [-0.39, 0.29) is 30.4 Å². The van der Waals surface area contributed by atoms with Crippen molar-refractivity contribution in [1.82, 2.24) is 15.6 Å². The Balaban J connectivity index is 1.43. The summed E-state index contributed by atoms with van der Waals surface area (Å²) >= 11 is 0. The smallest absolute Gasteiger partial charge is 0.241 e. The molecule has 1 aliphatic rings. The maximum atomic E-state index is 12.6. The molecule has 0 spiro atoms. The zero-order valence-electron chi connectivity index (χ0n) is 16.6. The first-order valence-corrected chi connectivity index (χ1v) is 10.1. The summed E-state index contributed by atoms with van der Waals surface area (Å²) in [5.41, 5.74) is 9.30. The average molecular weight is 403 g/mol. The third-order valence-corrected chi connectivity index (χ3v) is 5.26. The Morgan fingerprint density at radius 1 is 1.10 bits per heavy atom. The maximum Gasteiger partial charge on any atom is 0.241 e. The predicted octanol–water partition coefficient (Wildman–Crippen LogP) is 1.57. The number of pyridine rings is 1. The van der Waals surface area contributed by atoms with Gasteiger partial charge in [0.2, 0.25) is 11.8 Å². The van der Waals surface area contributed by atoms with Crippen LogP contribution in [0.1, 0.15) is 17.5 Å². The minimum absolute atomic E-state index is 0.0532. The van der Waals surface area contributed by atoms with Crippen LogP contribution >= 0.6 is 0 Å². The number of hydrogen-bond acceptors (Lipinski definition) is 5. The van der Waals surface area contributed by atoms with Crippen LogP contribution in [-0.2, 0) is 16.0 Å². The largest absolute Gasteiger partial charge is 0.351 e. The van der Waals surface area contributed by atoms with Gasteiger partial charge in [0.15, 0.2) is 0 Å². The van der Waals surface area contributed by atoms with Crippen molar-refractivity contribution in [2.45, 2.75) is 24.9 Å². The molecule has 1 aromatic heterocycles. The van der Waals surface area contributed by atoms with Crippen LogP contribution in [0.5, 0.6) is 0 Å². The fourth-order valence-corrected chi connectivity index (χ4v) is 3.75. The number of hydrogen-bond donors (Lipinski definition) is 4. The second kappa shape index (κ2) is 9.02. The summed E-state index contributed by atoms with van der Waals surface area (Å²) in [6, 6.07) is 18.0. The first-order valence-electron chi connectivity index (χ1n) is 10.1. The van der Waals surface area contributed by atoms with Crippen LogP contribution in [0, 0.1) is 0 Å². The van der Waals surface area contributed by atoms with Gasteiger partial charge in [0.05, 0.1) is 30.0 Å². The number of nitrogens with zero attached hydrogens (tertiary/aromatic N) is 1. The molecule has 1 unspecified atom stereocenters. The van der Waals surface area contributed by atoms with E-state index in [1.54, 1.807) is 6.20 Å². The third-order valence-electron chi connectivity index (χ3n) is 5.26. The number of aromatic nitrogens is 1. The molecule has 0 bridgehead atoms. The topological polar surface area (TPSA) is 109 Å². The Hall–Kier alpha value is -3.29. The summed E-state index contributed by atoms with van der Waals surface area (Å²) in [4.78, 5) is 28.5. The van der Waals surface area contributed by atoms with Gasteiger partial charge in [0.25, 0.3) is 0 Å². The lowest BCUT2D eigenvalue weighted by molar-refractivity contribution is -0.121. The highest BCUT2D eigenvalue weighted by Crippen LogP contribution is 2.21. The standard InChI is InChI=1S/C23H25N5O2/c24-12-22(29)27-19-11-21(26-14-19)23(30)28-18-10-17-9-16(6-7-20(17)25-13-18)8-15-4-2-1-3-5-15/h1-7,9-10,13,19,21,26H,8,11-12,14,24H2,(H,27,29)(H,28,30)/t19?,21-/m0/s1. The molecule has 2 heterocycles. The van der Waals surface area contributed by atoms with Crippen LogP contribution in [0.15, 0.2) is 60.8 Å². The Labute approximate surface area is 175 Å². The normalized spacial score (nSPS) is 18.3. The molecule has 2 amide bonds. The highest BCUT2D eigenvalue weighted by atomic mass is 16.2. The van der Waals surface area contributed by atoms with Gasteiger partial charge in [-0.15, -0.1) is 0 Å². The van der Waals surface area contributed by atoms with Crippen LogP contribution in [0.4, 0.5) is 5.69 Å². The van der Waals surface area contributed by atoms with Crippen LogP contribution in [-0.4, -0.2) is 42.0 Å². The zero-order valence-corrected chi connectivity index (χ0v) is 16.6. The van der Waals surface area contributed by atoms with Crippen molar-refractivity contribution in [3.05, 3.63) is 71.9 Å². The predicted molar refractivity (Wildman–Crippen MR) is 117 cm³/mol. The van der Waals surface area contributed by atoms with E-state index in [1.165, 1.54) is 11.1 Å². The Bertz CT molecular complexity index is 1050. The number of anilines is 1. The SMILES string of the molecule is NCC(=O)NC1CN[C@H](C(=O)Nc2cnc3ccc(Cc4ccccc4)cc3c2)C1. The molecular formula is C23H25N5O2. The Morgan fingerprint density at radius 3 is 2.73 bits per heavy atom. The molecule has 3 aromatic rings. The molecule has 1 fully saturated rings. The molecule has 0 aliphatic carbocycles. The van der Waals surface area contributed by atoms with Crippen molar-refractivity contribution >= 4 is 28.4 Å². The van der Waals surface area contributed by atoms with E-state index >= 15 is 0 Å². The Morgan fingerprint density at radius 2 is 1.93 bits per heavy atom. The first-order chi connectivity index (χ1) is 14.6. The van der Waals surface area contributed by atoms with Crippen molar-refractivity contribution in [2.75, 3.05) is 18.4 Å². The summed E-state index contributed by atoms with van der Waals surface area (Å²) < 4.78 is 0. The summed E-state index contributed by atoms with van der Waals surface area (Å²) in [5.74, 6) is -0.353. The molecule has 7 nitrogen and oxygen atoms in total. The summed E-state index contributed by atoms with van der Waals surface area (Å²) in [6.45, 7) is 0.491. The van der Waals surface area contributed by atoms with E-state index in [1.807, 2.05) is 30.3 Å². The second-order valence-electron chi connectivity index (χ2n) is 7.57. The third kappa shape index (κ3) is 4.82. The van der Waals surface area contributed by atoms with E-state index in [2.05, 4.69) is 45.2 Å². The molecule has 1 aliphatic heterocycles. The van der Waals surface area contributed by atoms with Gasteiger partial charge in [-0.25, -0.2) is 0 Å². The van der Waals surface area contributed by atoms with E-state index in [0.717, 1.165) is 17.3 Å². The number of carbonyl (C=O) groups excluding carboxylic acids is 2. The van der Waals surface area contributed by atoms with Crippen molar-refractivity contribution in [3.8, 4) is 0 Å². The number of rotatable bonds is 6. The second-order valence-corrected chi connectivity index (χ2v) is 7.57. The van der Waals surface area contributed by atoms with Gasteiger partial charge in [-0.1, -0.05) is 36.4 Å². The van der Waals surface area contributed by atoms with Gasteiger partial charge in [-0.2, -0.15) is 0 Å². The highest BCUT2D eigenvalue weighted by molar-refractivity contribution is 5.96. The average Bonchev–Trinajstić information content (AvgIpc) is 3.23. The van der Waals surface area contributed by atoms with Crippen molar-refractivity contribution < 1.29 is 9.59 Å². The molecule has 4 rings (SSSR count). The monoisotopic (exact) mass is 403 g/mol. The van der Waals surface area contributed by atoms with Gasteiger partial charge in [0, 0.05) is 18.0 Å². The maximum absolute atomic E-state index is 12.6. The van der Waals surface area contributed by atoms with Crippen molar-refractivity contribution in [2.24, 2.45) is 5.73 Å². The van der Waals surface area contributed by atoms with Crippen LogP contribution in [0.3, 0.4) is 0 Å². The molecule has 1 saturated heterocycles. The minimum atomic E-state index is -0.367. The van der Waals surface area contributed by atoms with Crippen molar-refractivity contribution in [3.63, 3.8) is 0 Å². The quantitative estimate of drug-likeness (QED) is 0.500. The summed E-state index contributed by atoms with van der Waals surface area (Å²) in [5, 5.41) is 9.86. The number of carbonyl (C=O) groups is 2. The molecule has 154 valence electrons. The fraction of sp³-hybridized carbons (Fsp3) is 0.261. The van der Waals surface area contributed by atoms with E-state index in [4.69, 9.17) is 5.73 Å². The number of nitrogens with two attached hydrogens (primary N) is 1. The van der Waals surface area contributed by atoms with Gasteiger partial charge < -0.3 is 21.7 Å². The van der Waals surface area contributed by atoms with Crippen LogP contribution in [0.25, 0.3) is 10.9 Å². The summed E-state index contributed by atoms with van der Waals surface area (Å²) in [7, 11) is 0. The highest BCUT2D eigenvalue weighted by Gasteiger charge is 2.30. The van der Waals surface area contributed by atoms with Gasteiger partial charge >= 0.3 is 0 Å². The minimum Gasteiger partial charge on any atom is -0.351 e. The van der Waals surface area contributed by atoms with Gasteiger partial charge in [0.1, 0.15) is 0 Å². The van der Waals surface area contributed by atoms with Crippen molar-refractivity contribution in [1.29, 1.82) is 0 Å². The molecule has 2 atom stereocenters. The number of nitrogens with one attached hydrogen (secondary N) is 3. The number of fused-ring (bicyclic) bond motifs is 1. The fourth-order valence-electron chi connectivity index (χ4n) is 3.75. The molecule has 2 aromatic carbocycles. The van der Waals surface area contributed by atoms with E-state index in [9.17, 15) is 9.59 Å². The Kier molecular flexibility index (Phi) is 6.02. The summed E-state index contributed by atoms with van der Waals surface area (Å²) in [6.07, 6.45) is 3.04. The molecule has 0 saturated carbocycles. The van der Waals surface area contributed by atoms with Crippen LogP contribution < -0.4 is 21.7 Å². The number of amides is 2. The van der Waals surface area contributed by atoms with Gasteiger partial charge in [-0.05, 0) is 42.2 Å². The lowest BCUT2D eigenvalue weighted by Gasteiger charge is -2.13. The molecule has 5 N–H and O–H groups in total. The molecule has 7 heteroatoms. The molecule has 0 radical (unpaired) electrons. The molecule has 30 heavy (non-hydrogen) atoms. The van der Waals surface area contributed by atoms with E-state index < -0.39 is 0 Å². The lowest BCUT2D eigenvalue weighted by Crippen LogP contribution is -2.39. The van der Waals surface area contributed by atoms with E-state index in [0.29, 0.717) is 18.7 Å². The first kappa shape index (κ1) is 20.0. The lowest BCUT2D eigenvalue weighted by atomic mass is 10.0. The molecular weight excluding hydrogens is 378 g/mol. The van der Waals surface area contributed by atoms with Gasteiger partial charge in [-0.3, -0.25) is 14.6 Å².